The van der Waals surface area contributed by atoms with Crippen molar-refractivity contribution in [3.63, 3.8) is 0 Å². The Kier molecular flexibility index (Phi) is 6.69. The highest BCUT2D eigenvalue weighted by Gasteiger charge is 2.10. The second-order valence-corrected chi connectivity index (χ2v) is 7.97. The summed E-state index contributed by atoms with van der Waals surface area (Å²) in [6.07, 6.45) is 1.67. The average molecular weight is 438 g/mol. The maximum absolute atomic E-state index is 12.2. The third-order valence-corrected chi connectivity index (χ3v) is 5.45. The molecule has 1 aromatic heterocycles. The van der Waals surface area contributed by atoms with Crippen LogP contribution in [0.5, 0.6) is 5.75 Å². The summed E-state index contributed by atoms with van der Waals surface area (Å²) >= 11 is 0. The predicted octanol–water partition coefficient (Wildman–Crippen LogP) is 5.60. The first-order valence-electron chi connectivity index (χ1n) is 10.9. The Bertz CT molecular complexity index is 1270. The van der Waals surface area contributed by atoms with Gasteiger partial charge in [-0.3, -0.25) is 4.79 Å². The maximum atomic E-state index is 12.2. The summed E-state index contributed by atoms with van der Waals surface area (Å²) in [7, 11) is 0. The molecule has 0 atom stereocenters. The van der Waals surface area contributed by atoms with Crippen molar-refractivity contribution in [2.45, 2.75) is 20.8 Å². The Morgan fingerprint density at radius 3 is 2.36 bits per heavy atom. The molecule has 1 N–H and O–H groups in total. The van der Waals surface area contributed by atoms with Crippen LogP contribution in [0.3, 0.4) is 0 Å². The van der Waals surface area contributed by atoms with Crippen LogP contribution in [0.15, 0.2) is 90.0 Å². The third kappa shape index (κ3) is 5.39. The van der Waals surface area contributed by atoms with E-state index in [0.717, 1.165) is 33.8 Å². The molecule has 0 aliphatic carbocycles. The van der Waals surface area contributed by atoms with Gasteiger partial charge in [0.15, 0.2) is 6.61 Å². The molecule has 0 radical (unpaired) electrons. The zero-order valence-electron chi connectivity index (χ0n) is 19.1. The number of carbonyl (C=O) groups is 1. The summed E-state index contributed by atoms with van der Waals surface area (Å²) in [6, 6.07) is 28.2. The highest BCUT2D eigenvalue weighted by Crippen LogP contribution is 2.22. The minimum atomic E-state index is -0.314. The summed E-state index contributed by atoms with van der Waals surface area (Å²) < 4.78 is 7.77. The molecule has 0 fully saturated rings. The van der Waals surface area contributed by atoms with Gasteiger partial charge < -0.3 is 9.30 Å². The molecule has 5 heteroatoms. The number of hydrazone groups is 1. The van der Waals surface area contributed by atoms with Crippen LogP contribution in [-0.4, -0.2) is 23.3 Å². The molecule has 1 amide bonds. The summed E-state index contributed by atoms with van der Waals surface area (Å²) in [5.41, 5.74) is 10.2. The van der Waals surface area contributed by atoms with E-state index in [2.05, 4.69) is 65.3 Å². The normalized spacial score (nSPS) is 11.0. The van der Waals surface area contributed by atoms with Gasteiger partial charge in [-0.2, -0.15) is 5.10 Å². The minimum absolute atomic E-state index is 0.107. The SMILES string of the molecule is Cc1cccc(-n2c(C)cc(/C=N/NC(=O)COc3ccc(-c4ccccc4)cc3)c2C)c1. The summed E-state index contributed by atoms with van der Waals surface area (Å²) in [6.45, 7) is 6.07. The number of rotatable bonds is 7. The summed E-state index contributed by atoms with van der Waals surface area (Å²) in [5, 5.41) is 4.12. The molecule has 5 nitrogen and oxygen atoms in total. The van der Waals surface area contributed by atoms with Gasteiger partial charge in [-0.05, 0) is 67.8 Å². The van der Waals surface area contributed by atoms with E-state index in [0.29, 0.717) is 5.75 Å². The Morgan fingerprint density at radius 1 is 0.909 bits per heavy atom. The molecule has 0 unspecified atom stereocenters. The first-order chi connectivity index (χ1) is 16.0. The van der Waals surface area contributed by atoms with Crippen molar-refractivity contribution in [2.75, 3.05) is 6.61 Å². The van der Waals surface area contributed by atoms with E-state index in [9.17, 15) is 4.79 Å². The Labute approximate surface area is 194 Å². The Balaban J connectivity index is 1.33. The number of aryl methyl sites for hydroxylation is 2. The van der Waals surface area contributed by atoms with Crippen LogP contribution in [0, 0.1) is 20.8 Å². The number of nitrogens with zero attached hydrogens (tertiary/aromatic N) is 2. The van der Waals surface area contributed by atoms with Crippen molar-refractivity contribution in [1.82, 2.24) is 9.99 Å². The van der Waals surface area contributed by atoms with E-state index in [1.807, 2.05) is 55.5 Å². The second kappa shape index (κ2) is 10.0. The fraction of sp³-hybridized carbons (Fsp3) is 0.143. The molecule has 0 spiro atoms. The van der Waals surface area contributed by atoms with E-state index in [1.165, 1.54) is 5.56 Å². The van der Waals surface area contributed by atoms with E-state index in [4.69, 9.17) is 4.74 Å². The number of amides is 1. The number of ether oxygens (including phenoxy) is 1. The molecule has 0 saturated carbocycles. The zero-order valence-corrected chi connectivity index (χ0v) is 19.1. The third-order valence-electron chi connectivity index (χ3n) is 5.45. The topological polar surface area (TPSA) is 55.6 Å². The van der Waals surface area contributed by atoms with E-state index >= 15 is 0 Å². The van der Waals surface area contributed by atoms with E-state index < -0.39 is 0 Å². The quantitative estimate of drug-likeness (QED) is 0.302. The molecule has 3 aromatic carbocycles. The van der Waals surface area contributed by atoms with Crippen LogP contribution >= 0.6 is 0 Å². The molecule has 0 aliphatic rings. The summed E-state index contributed by atoms with van der Waals surface area (Å²) in [4.78, 5) is 12.2. The van der Waals surface area contributed by atoms with Gasteiger partial charge in [0.05, 0.1) is 6.21 Å². The van der Waals surface area contributed by atoms with Crippen molar-refractivity contribution in [3.05, 3.63) is 107 Å². The van der Waals surface area contributed by atoms with Crippen LogP contribution in [0.1, 0.15) is 22.5 Å². The molecule has 33 heavy (non-hydrogen) atoms. The van der Waals surface area contributed by atoms with Crippen LogP contribution < -0.4 is 10.2 Å². The molecular weight excluding hydrogens is 410 g/mol. The van der Waals surface area contributed by atoms with Crippen molar-refractivity contribution < 1.29 is 9.53 Å². The van der Waals surface area contributed by atoms with Crippen molar-refractivity contribution >= 4 is 12.1 Å². The first-order valence-corrected chi connectivity index (χ1v) is 10.9. The number of hydrogen-bond donors (Lipinski definition) is 1. The lowest BCUT2D eigenvalue weighted by molar-refractivity contribution is -0.123. The number of aromatic nitrogens is 1. The molecular formula is C28H27N3O2. The molecule has 0 aliphatic heterocycles. The Morgan fingerprint density at radius 2 is 1.64 bits per heavy atom. The highest BCUT2D eigenvalue weighted by atomic mass is 16.5. The second-order valence-electron chi connectivity index (χ2n) is 7.97. The smallest absolute Gasteiger partial charge is 0.277 e. The standard InChI is InChI=1S/C28H27N3O2/c1-20-8-7-11-26(16-20)31-21(2)17-25(22(31)3)18-29-30-28(32)19-33-27-14-12-24(13-15-27)23-9-5-4-6-10-23/h4-18H,19H2,1-3H3,(H,30,32)/b29-18+. The lowest BCUT2D eigenvalue weighted by Gasteiger charge is -2.10. The van der Waals surface area contributed by atoms with Gasteiger partial charge in [0.2, 0.25) is 0 Å². The fourth-order valence-electron chi connectivity index (χ4n) is 3.81. The van der Waals surface area contributed by atoms with Crippen LogP contribution in [-0.2, 0) is 4.79 Å². The largest absolute Gasteiger partial charge is 0.484 e. The van der Waals surface area contributed by atoms with Crippen molar-refractivity contribution in [3.8, 4) is 22.6 Å². The van der Waals surface area contributed by atoms with E-state index in [1.54, 1.807) is 6.21 Å². The highest BCUT2D eigenvalue weighted by molar-refractivity contribution is 5.84. The predicted molar refractivity (Wildman–Crippen MR) is 133 cm³/mol. The van der Waals surface area contributed by atoms with Crippen LogP contribution in [0.4, 0.5) is 0 Å². The molecule has 166 valence electrons. The summed E-state index contributed by atoms with van der Waals surface area (Å²) in [5.74, 6) is 0.321. The van der Waals surface area contributed by atoms with Gasteiger partial charge in [0.25, 0.3) is 5.91 Å². The van der Waals surface area contributed by atoms with Gasteiger partial charge >= 0.3 is 0 Å². The van der Waals surface area contributed by atoms with Crippen LogP contribution in [0.2, 0.25) is 0 Å². The monoisotopic (exact) mass is 437 g/mol. The van der Waals surface area contributed by atoms with Gasteiger partial charge in [-0.15, -0.1) is 0 Å². The molecule has 1 heterocycles. The number of hydrogen-bond acceptors (Lipinski definition) is 3. The fourth-order valence-corrected chi connectivity index (χ4v) is 3.81. The maximum Gasteiger partial charge on any atom is 0.277 e. The average Bonchev–Trinajstić information content (AvgIpc) is 3.11. The zero-order chi connectivity index (χ0) is 23.2. The van der Waals surface area contributed by atoms with Gasteiger partial charge in [-0.25, -0.2) is 5.43 Å². The lowest BCUT2D eigenvalue weighted by Crippen LogP contribution is -2.24. The van der Waals surface area contributed by atoms with Gasteiger partial charge in [0, 0.05) is 22.6 Å². The van der Waals surface area contributed by atoms with E-state index in [-0.39, 0.29) is 12.5 Å². The Hall–Kier alpha value is -4.12. The van der Waals surface area contributed by atoms with Crippen LogP contribution in [0.25, 0.3) is 16.8 Å². The van der Waals surface area contributed by atoms with Crippen molar-refractivity contribution in [1.29, 1.82) is 0 Å². The van der Waals surface area contributed by atoms with Gasteiger partial charge in [-0.1, -0.05) is 54.6 Å². The number of benzene rings is 3. The number of carbonyl (C=O) groups excluding carboxylic acids is 1. The van der Waals surface area contributed by atoms with Gasteiger partial charge in [0.1, 0.15) is 5.75 Å². The number of nitrogens with one attached hydrogen (secondary N) is 1. The lowest BCUT2D eigenvalue weighted by atomic mass is 10.1. The minimum Gasteiger partial charge on any atom is -0.484 e. The molecule has 4 aromatic rings. The molecule has 4 rings (SSSR count). The first kappa shape index (κ1) is 22.1. The molecule has 0 saturated heterocycles. The molecule has 0 bridgehead atoms. The van der Waals surface area contributed by atoms with Crippen molar-refractivity contribution in [2.24, 2.45) is 5.10 Å².